The summed E-state index contributed by atoms with van der Waals surface area (Å²) in [6, 6.07) is 8.68. The lowest BCUT2D eigenvalue weighted by Crippen LogP contribution is -2.05. The van der Waals surface area contributed by atoms with E-state index in [1.807, 2.05) is 0 Å². The van der Waals surface area contributed by atoms with Crippen LogP contribution in [0.4, 0.5) is 24.7 Å². The number of rotatable bonds is 3. The lowest BCUT2D eigenvalue weighted by atomic mass is 10.1. The molecular formula is C16H11F3N4O2. The van der Waals surface area contributed by atoms with Gasteiger partial charge in [-0.3, -0.25) is 10.1 Å². The molecule has 6 nitrogen and oxygen atoms in total. The van der Waals surface area contributed by atoms with Gasteiger partial charge in [0.25, 0.3) is 5.69 Å². The maximum absolute atomic E-state index is 12.9. The van der Waals surface area contributed by atoms with Crippen LogP contribution in [0, 0.1) is 10.1 Å². The summed E-state index contributed by atoms with van der Waals surface area (Å²) in [6.45, 7) is 0. The van der Waals surface area contributed by atoms with Gasteiger partial charge in [-0.2, -0.15) is 13.2 Å². The molecule has 1 heterocycles. The van der Waals surface area contributed by atoms with Crippen LogP contribution in [0.3, 0.4) is 0 Å². The van der Waals surface area contributed by atoms with Gasteiger partial charge in [0, 0.05) is 30.1 Å². The second kappa shape index (κ2) is 6.00. The number of nitrogens with one attached hydrogen (secondary N) is 1. The number of halogens is 3. The SMILES string of the molecule is CNc1nc(-c2cccc(C(F)(F)F)c2)nc2cc([N+](=O)[O-])ccc12. The number of nitro groups is 1. The molecule has 0 aliphatic heterocycles. The summed E-state index contributed by atoms with van der Waals surface area (Å²) < 4.78 is 38.7. The van der Waals surface area contributed by atoms with Crippen LogP contribution < -0.4 is 5.32 Å². The third-order valence-corrected chi connectivity index (χ3v) is 3.58. The van der Waals surface area contributed by atoms with E-state index in [1.165, 1.54) is 30.3 Å². The van der Waals surface area contributed by atoms with Gasteiger partial charge in [0.2, 0.25) is 0 Å². The van der Waals surface area contributed by atoms with Crippen molar-refractivity contribution in [3.8, 4) is 11.4 Å². The van der Waals surface area contributed by atoms with Gasteiger partial charge < -0.3 is 5.32 Å². The third kappa shape index (κ3) is 3.21. The van der Waals surface area contributed by atoms with Gasteiger partial charge in [-0.25, -0.2) is 9.97 Å². The molecule has 0 spiro atoms. The van der Waals surface area contributed by atoms with Gasteiger partial charge in [-0.05, 0) is 18.2 Å². The summed E-state index contributed by atoms with van der Waals surface area (Å²) in [7, 11) is 1.60. The van der Waals surface area contributed by atoms with Gasteiger partial charge >= 0.3 is 6.18 Å². The number of benzene rings is 2. The molecule has 0 atom stereocenters. The molecule has 0 radical (unpaired) electrons. The molecule has 1 aromatic heterocycles. The van der Waals surface area contributed by atoms with Crippen LogP contribution in [0.25, 0.3) is 22.3 Å². The average molecular weight is 348 g/mol. The van der Waals surface area contributed by atoms with Crippen molar-refractivity contribution in [2.75, 3.05) is 12.4 Å². The second-order valence-electron chi connectivity index (χ2n) is 5.18. The van der Waals surface area contributed by atoms with E-state index in [0.29, 0.717) is 11.2 Å². The summed E-state index contributed by atoms with van der Waals surface area (Å²) in [5.74, 6) is 0.413. The number of hydrogen-bond donors (Lipinski definition) is 1. The minimum atomic E-state index is -4.49. The first-order valence-electron chi connectivity index (χ1n) is 7.11. The summed E-state index contributed by atoms with van der Waals surface area (Å²) in [4.78, 5) is 18.8. The van der Waals surface area contributed by atoms with E-state index < -0.39 is 16.7 Å². The first-order chi connectivity index (χ1) is 11.8. The fourth-order valence-electron chi connectivity index (χ4n) is 2.39. The Morgan fingerprint density at radius 1 is 1.12 bits per heavy atom. The largest absolute Gasteiger partial charge is 0.416 e. The van der Waals surface area contributed by atoms with Crippen molar-refractivity contribution in [3.05, 3.63) is 58.1 Å². The van der Waals surface area contributed by atoms with Gasteiger partial charge in [0.05, 0.1) is 16.0 Å². The van der Waals surface area contributed by atoms with Crippen molar-refractivity contribution in [1.82, 2.24) is 9.97 Å². The van der Waals surface area contributed by atoms with Crippen LogP contribution in [-0.2, 0) is 6.18 Å². The molecule has 0 saturated heterocycles. The fraction of sp³-hybridized carbons (Fsp3) is 0.125. The molecule has 0 fully saturated rings. The van der Waals surface area contributed by atoms with E-state index in [-0.39, 0.29) is 22.6 Å². The summed E-state index contributed by atoms with van der Waals surface area (Å²) in [5, 5.41) is 14.3. The zero-order valence-corrected chi connectivity index (χ0v) is 12.8. The lowest BCUT2D eigenvalue weighted by molar-refractivity contribution is -0.384. The maximum Gasteiger partial charge on any atom is 0.416 e. The average Bonchev–Trinajstić information content (AvgIpc) is 2.59. The molecule has 0 saturated carbocycles. The van der Waals surface area contributed by atoms with E-state index in [4.69, 9.17) is 0 Å². The van der Waals surface area contributed by atoms with Gasteiger partial charge in [-0.15, -0.1) is 0 Å². The zero-order chi connectivity index (χ0) is 18.2. The number of nitro benzene ring substituents is 1. The number of hydrogen-bond acceptors (Lipinski definition) is 5. The minimum absolute atomic E-state index is 0.0449. The standard InChI is InChI=1S/C16H11F3N4O2/c1-20-15-12-6-5-11(23(24)25)8-13(12)21-14(22-15)9-3-2-4-10(7-9)16(17,18)19/h2-8H,1H3,(H,20,21,22). The van der Waals surface area contributed by atoms with E-state index in [1.54, 1.807) is 7.05 Å². The normalized spacial score (nSPS) is 11.5. The summed E-state index contributed by atoms with van der Waals surface area (Å²) >= 11 is 0. The van der Waals surface area contributed by atoms with Crippen molar-refractivity contribution >= 4 is 22.4 Å². The van der Waals surface area contributed by atoms with Crippen molar-refractivity contribution in [3.63, 3.8) is 0 Å². The number of alkyl halides is 3. The van der Waals surface area contributed by atoms with Crippen molar-refractivity contribution < 1.29 is 18.1 Å². The second-order valence-corrected chi connectivity index (χ2v) is 5.18. The molecule has 0 aliphatic rings. The predicted molar refractivity (Wildman–Crippen MR) is 86.2 cm³/mol. The highest BCUT2D eigenvalue weighted by Crippen LogP contribution is 2.33. The fourth-order valence-corrected chi connectivity index (χ4v) is 2.39. The van der Waals surface area contributed by atoms with E-state index >= 15 is 0 Å². The number of anilines is 1. The Balaban J connectivity index is 2.21. The molecule has 128 valence electrons. The Labute approximate surface area is 139 Å². The molecule has 0 aliphatic carbocycles. The van der Waals surface area contributed by atoms with Crippen LogP contribution in [0.2, 0.25) is 0 Å². The molecular weight excluding hydrogens is 337 g/mol. The van der Waals surface area contributed by atoms with Crippen molar-refractivity contribution in [2.24, 2.45) is 0 Å². The van der Waals surface area contributed by atoms with Crippen LogP contribution in [0.15, 0.2) is 42.5 Å². The molecule has 0 unspecified atom stereocenters. The molecule has 0 bridgehead atoms. The molecule has 25 heavy (non-hydrogen) atoms. The Bertz CT molecular complexity index is 973. The Morgan fingerprint density at radius 2 is 1.88 bits per heavy atom. The smallest absolute Gasteiger partial charge is 0.373 e. The quantitative estimate of drug-likeness (QED) is 0.565. The Hall–Kier alpha value is -3.23. The number of aromatic nitrogens is 2. The van der Waals surface area contributed by atoms with E-state index in [2.05, 4.69) is 15.3 Å². The molecule has 1 N–H and O–H groups in total. The summed E-state index contributed by atoms with van der Waals surface area (Å²) in [6.07, 6.45) is -4.49. The van der Waals surface area contributed by atoms with Crippen LogP contribution in [0.1, 0.15) is 5.56 Å². The molecule has 3 rings (SSSR count). The van der Waals surface area contributed by atoms with E-state index in [9.17, 15) is 23.3 Å². The number of nitrogens with zero attached hydrogens (tertiary/aromatic N) is 3. The van der Waals surface area contributed by atoms with Gasteiger partial charge in [0.15, 0.2) is 5.82 Å². The zero-order valence-electron chi connectivity index (χ0n) is 12.8. The van der Waals surface area contributed by atoms with Gasteiger partial charge in [-0.1, -0.05) is 12.1 Å². The van der Waals surface area contributed by atoms with Crippen LogP contribution in [-0.4, -0.2) is 21.9 Å². The lowest BCUT2D eigenvalue weighted by Gasteiger charge is -2.10. The highest BCUT2D eigenvalue weighted by atomic mass is 19.4. The first kappa shape index (κ1) is 16.6. The maximum atomic E-state index is 12.9. The molecule has 0 amide bonds. The monoisotopic (exact) mass is 348 g/mol. The Morgan fingerprint density at radius 3 is 2.52 bits per heavy atom. The van der Waals surface area contributed by atoms with Crippen LogP contribution in [0.5, 0.6) is 0 Å². The first-order valence-corrected chi connectivity index (χ1v) is 7.11. The predicted octanol–water partition coefficient (Wildman–Crippen LogP) is 4.27. The molecule has 3 aromatic rings. The minimum Gasteiger partial charge on any atom is -0.373 e. The third-order valence-electron chi connectivity index (χ3n) is 3.58. The molecule has 9 heteroatoms. The van der Waals surface area contributed by atoms with Crippen LogP contribution >= 0.6 is 0 Å². The topological polar surface area (TPSA) is 81.0 Å². The number of non-ortho nitro benzene ring substituents is 1. The highest BCUT2D eigenvalue weighted by molar-refractivity contribution is 5.91. The summed E-state index contributed by atoms with van der Waals surface area (Å²) in [5.41, 5.74) is -0.553. The highest BCUT2D eigenvalue weighted by Gasteiger charge is 2.30. The van der Waals surface area contributed by atoms with Crippen molar-refractivity contribution in [1.29, 1.82) is 0 Å². The number of fused-ring (bicyclic) bond motifs is 1. The van der Waals surface area contributed by atoms with Crippen molar-refractivity contribution in [2.45, 2.75) is 6.18 Å². The molecule has 2 aromatic carbocycles. The van der Waals surface area contributed by atoms with Gasteiger partial charge in [0.1, 0.15) is 5.82 Å². The van der Waals surface area contributed by atoms with E-state index in [0.717, 1.165) is 12.1 Å². The Kier molecular flexibility index (Phi) is 3.99.